The Morgan fingerprint density at radius 1 is 1.53 bits per heavy atom. The number of amides is 1. The molecule has 0 fully saturated rings. The largest absolute Gasteiger partial charge is 0.467 e. The lowest BCUT2D eigenvalue weighted by Gasteiger charge is -2.01. The van der Waals surface area contributed by atoms with Gasteiger partial charge in [0.15, 0.2) is 4.34 Å². The van der Waals surface area contributed by atoms with E-state index in [-0.39, 0.29) is 5.91 Å². The van der Waals surface area contributed by atoms with E-state index < -0.39 is 0 Å². The van der Waals surface area contributed by atoms with Crippen LogP contribution in [0.15, 0.2) is 27.2 Å². The third-order valence-electron chi connectivity index (χ3n) is 2.10. The fraction of sp³-hybridized carbons (Fsp3) is 0.364. The molecule has 0 saturated heterocycles. The Morgan fingerprint density at radius 3 is 3.16 bits per heavy atom. The molecule has 0 bridgehead atoms. The second-order valence-corrected chi connectivity index (χ2v) is 5.75. The maximum Gasteiger partial charge on any atom is 0.230 e. The number of thioether (sulfide) groups is 1. The van der Waals surface area contributed by atoms with Crippen LogP contribution in [0.5, 0.6) is 0 Å². The molecule has 0 atom stereocenters. The molecule has 2 rings (SSSR count). The maximum atomic E-state index is 11.6. The summed E-state index contributed by atoms with van der Waals surface area (Å²) in [7, 11) is 0. The number of nitrogens with zero attached hydrogens (tertiary/aromatic N) is 2. The van der Waals surface area contributed by atoms with Crippen LogP contribution in [0, 0.1) is 0 Å². The number of furan rings is 1. The Hall–Kier alpha value is -1.54. The summed E-state index contributed by atoms with van der Waals surface area (Å²) in [5.41, 5.74) is 0. The minimum atomic E-state index is -0.0541. The molecule has 0 radical (unpaired) electrons. The van der Waals surface area contributed by atoms with E-state index in [1.165, 1.54) is 23.1 Å². The molecule has 19 heavy (non-hydrogen) atoms. The molecule has 8 heteroatoms. The normalized spacial score (nSPS) is 10.4. The van der Waals surface area contributed by atoms with Gasteiger partial charge >= 0.3 is 0 Å². The van der Waals surface area contributed by atoms with E-state index in [1.54, 1.807) is 12.3 Å². The summed E-state index contributed by atoms with van der Waals surface area (Å²) in [6, 6.07) is 3.61. The molecule has 2 aromatic rings. The molecule has 2 aromatic heterocycles. The van der Waals surface area contributed by atoms with E-state index in [4.69, 9.17) is 4.42 Å². The molecule has 0 spiro atoms. The van der Waals surface area contributed by atoms with Crippen molar-refractivity contribution in [1.29, 1.82) is 0 Å². The molecule has 0 aliphatic rings. The van der Waals surface area contributed by atoms with Gasteiger partial charge in [0.2, 0.25) is 11.0 Å². The van der Waals surface area contributed by atoms with Gasteiger partial charge in [0.1, 0.15) is 5.76 Å². The zero-order valence-electron chi connectivity index (χ0n) is 10.4. The summed E-state index contributed by atoms with van der Waals surface area (Å²) in [5, 5.41) is 14.6. The van der Waals surface area contributed by atoms with E-state index in [0.29, 0.717) is 12.3 Å². The van der Waals surface area contributed by atoms with Crippen molar-refractivity contribution in [2.75, 3.05) is 17.6 Å². The van der Waals surface area contributed by atoms with Crippen molar-refractivity contribution in [2.24, 2.45) is 0 Å². The predicted molar refractivity (Wildman–Crippen MR) is 75.4 cm³/mol. The lowest BCUT2D eigenvalue weighted by atomic mass is 10.4. The topological polar surface area (TPSA) is 80.0 Å². The third kappa shape index (κ3) is 4.56. The minimum absolute atomic E-state index is 0.0541. The first-order valence-electron chi connectivity index (χ1n) is 5.77. The molecule has 0 aromatic carbocycles. The summed E-state index contributed by atoms with van der Waals surface area (Å²) in [6.45, 7) is 3.21. The smallest absolute Gasteiger partial charge is 0.230 e. The standard InChI is InChI=1S/C11H14N4O2S2/c1-2-12-10-14-15-11(19-10)18-7-9(16)13-6-8-4-3-5-17-8/h3-5H,2,6-7H2,1H3,(H,12,14)(H,13,16). The highest BCUT2D eigenvalue weighted by atomic mass is 32.2. The molecule has 0 unspecified atom stereocenters. The van der Waals surface area contributed by atoms with Crippen molar-refractivity contribution in [3.63, 3.8) is 0 Å². The lowest BCUT2D eigenvalue weighted by molar-refractivity contribution is -0.118. The first kappa shape index (κ1) is 13.9. The number of carbonyl (C=O) groups excluding carboxylic acids is 1. The van der Waals surface area contributed by atoms with E-state index in [2.05, 4.69) is 20.8 Å². The van der Waals surface area contributed by atoms with Gasteiger partial charge in [0.05, 0.1) is 18.6 Å². The summed E-state index contributed by atoms with van der Waals surface area (Å²) < 4.78 is 5.91. The van der Waals surface area contributed by atoms with Gasteiger partial charge in [-0.15, -0.1) is 10.2 Å². The maximum absolute atomic E-state index is 11.6. The number of anilines is 1. The molecule has 102 valence electrons. The fourth-order valence-corrected chi connectivity index (χ4v) is 2.92. The highest BCUT2D eigenvalue weighted by molar-refractivity contribution is 8.01. The van der Waals surface area contributed by atoms with Gasteiger partial charge in [-0.3, -0.25) is 4.79 Å². The summed E-state index contributed by atoms with van der Waals surface area (Å²) in [5.74, 6) is 1.01. The highest BCUT2D eigenvalue weighted by Gasteiger charge is 2.08. The summed E-state index contributed by atoms with van der Waals surface area (Å²) in [6.07, 6.45) is 1.58. The Labute approximate surface area is 119 Å². The molecule has 2 heterocycles. The second-order valence-electron chi connectivity index (χ2n) is 3.55. The average Bonchev–Trinajstić information content (AvgIpc) is 3.05. The van der Waals surface area contributed by atoms with E-state index in [0.717, 1.165) is 21.8 Å². The Bertz CT molecular complexity index is 513. The van der Waals surface area contributed by atoms with Crippen LogP contribution in [0.2, 0.25) is 0 Å². The van der Waals surface area contributed by atoms with Crippen molar-refractivity contribution < 1.29 is 9.21 Å². The van der Waals surface area contributed by atoms with Crippen molar-refractivity contribution in [2.45, 2.75) is 17.8 Å². The SMILES string of the molecule is CCNc1nnc(SCC(=O)NCc2ccco2)s1. The second kappa shape index (κ2) is 7.15. The van der Waals surface area contributed by atoms with Crippen molar-refractivity contribution >= 4 is 34.1 Å². The predicted octanol–water partition coefficient (Wildman–Crippen LogP) is 1.97. The van der Waals surface area contributed by atoms with Gasteiger partial charge in [-0.05, 0) is 19.1 Å². The molecule has 0 aliphatic carbocycles. The van der Waals surface area contributed by atoms with Crippen LogP contribution < -0.4 is 10.6 Å². The molecule has 0 aliphatic heterocycles. The molecular weight excluding hydrogens is 284 g/mol. The first-order chi connectivity index (χ1) is 9.28. The van der Waals surface area contributed by atoms with Crippen molar-refractivity contribution in [3.05, 3.63) is 24.2 Å². The molecule has 6 nitrogen and oxygen atoms in total. The Balaban J connectivity index is 1.70. The van der Waals surface area contributed by atoms with Gasteiger partial charge in [0, 0.05) is 6.54 Å². The number of carbonyl (C=O) groups is 1. The van der Waals surface area contributed by atoms with E-state index in [1.807, 2.05) is 13.0 Å². The first-order valence-corrected chi connectivity index (χ1v) is 7.57. The quantitative estimate of drug-likeness (QED) is 0.761. The van der Waals surface area contributed by atoms with E-state index >= 15 is 0 Å². The molecule has 1 amide bonds. The third-order valence-corrected chi connectivity index (χ3v) is 4.12. The van der Waals surface area contributed by atoms with E-state index in [9.17, 15) is 4.79 Å². The van der Waals surface area contributed by atoms with Crippen LogP contribution in [0.3, 0.4) is 0 Å². The van der Waals surface area contributed by atoms with Crippen LogP contribution in [-0.4, -0.2) is 28.4 Å². The lowest BCUT2D eigenvalue weighted by Crippen LogP contribution is -2.24. The van der Waals surface area contributed by atoms with Gasteiger partial charge in [-0.25, -0.2) is 0 Å². The number of nitrogens with one attached hydrogen (secondary N) is 2. The fourth-order valence-electron chi connectivity index (χ4n) is 1.27. The van der Waals surface area contributed by atoms with Gasteiger partial charge in [0.25, 0.3) is 0 Å². The van der Waals surface area contributed by atoms with Gasteiger partial charge in [-0.1, -0.05) is 23.1 Å². The minimum Gasteiger partial charge on any atom is -0.467 e. The Kier molecular flexibility index (Phi) is 5.22. The molecule has 0 saturated carbocycles. The van der Waals surface area contributed by atoms with Gasteiger partial charge < -0.3 is 15.1 Å². The Morgan fingerprint density at radius 2 is 2.42 bits per heavy atom. The van der Waals surface area contributed by atoms with Crippen LogP contribution in [0.4, 0.5) is 5.13 Å². The van der Waals surface area contributed by atoms with Crippen LogP contribution in [-0.2, 0) is 11.3 Å². The zero-order chi connectivity index (χ0) is 13.5. The summed E-state index contributed by atoms with van der Waals surface area (Å²) >= 11 is 2.82. The van der Waals surface area contributed by atoms with Crippen LogP contribution in [0.1, 0.15) is 12.7 Å². The van der Waals surface area contributed by atoms with Crippen molar-refractivity contribution in [1.82, 2.24) is 15.5 Å². The molecule has 2 N–H and O–H groups in total. The van der Waals surface area contributed by atoms with Crippen LogP contribution in [0.25, 0.3) is 0 Å². The number of aromatic nitrogens is 2. The highest BCUT2D eigenvalue weighted by Crippen LogP contribution is 2.24. The van der Waals surface area contributed by atoms with Gasteiger partial charge in [-0.2, -0.15) is 0 Å². The van der Waals surface area contributed by atoms with Crippen LogP contribution >= 0.6 is 23.1 Å². The number of hydrogen-bond donors (Lipinski definition) is 2. The monoisotopic (exact) mass is 298 g/mol. The average molecular weight is 298 g/mol. The number of hydrogen-bond acceptors (Lipinski definition) is 7. The van der Waals surface area contributed by atoms with Crippen molar-refractivity contribution in [3.8, 4) is 0 Å². The number of rotatable bonds is 7. The zero-order valence-corrected chi connectivity index (χ0v) is 12.0. The summed E-state index contributed by atoms with van der Waals surface area (Å²) in [4.78, 5) is 11.6. The molecular formula is C11H14N4O2S2.